The first kappa shape index (κ1) is 26.1. The zero-order chi connectivity index (χ0) is 29.9. The fourth-order valence-corrected chi connectivity index (χ4v) is 7.83. The Kier molecular flexibility index (Phi) is 6.01. The zero-order valence-electron chi connectivity index (χ0n) is 23.9. The molecule has 0 spiro atoms. The lowest BCUT2D eigenvalue weighted by Gasteiger charge is -2.10. The van der Waals surface area contributed by atoms with E-state index in [2.05, 4.69) is 95.6 Å². The molecule has 0 saturated heterocycles. The Balaban J connectivity index is 1.31. The van der Waals surface area contributed by atoms with Crippen LogP contribution in [-0.2, 0) is 0 Å². The molecule has 0 radical (unpaired) electrons. The molecular formula is C39H23ClN4S. The Hall–Kier alpha value is -5.36. The van der Waals surface area contributed by atoms with Gasteiger partial charge in [-0.3, -0.25) is 0 Å². The smallest absolute Gasteiger partial charge is 0.164 e. The standard InChI is InChI=1S/C39H23ClN4S/c40-30-17-10-20-33-36(30)28-22-21-25(23-34(28)45-33)38-41-37(24-11-3-1-4-12-24)42-39(43-38)29-16-9-19-32-35(29)27-15-7-8-18-31(27)44(32)26-13-5-2-6-14-26/h1-23H. The molecule has 0 atom stereocenters. The third-order valence-electron chi connectivity index (χ3n) is 8.32. The molecule has 9 aromatic rings. The van der Waals surface area contributed by atoms with Crippen LogP contribution >= 0.6 is 22.9 Å². The van der Waals surface area contributed by atoms with Crippen LogP contribution in [0.25, 0.3) is 81.8 Å². The van der Waals surface area contributed by atoms with Gasteiger partial charge in [0.1, 0.15) is 0 Å². The molecule has 0 aliphatic rings. The number of benzene rings is 6. The van der Waals surface area contributed by atoms with E-state index >= 15 is 0 Å². The van der Waals surface area contributed by atoms with Gasteiger partial charge in [0.2, 0.25) is 0 Å². The lowest BCUT2D eigenvalue weighted by atomic mass is 10.1. The minimum atomic E-state index is 0.633. The minimum absolute atomic E-state index is 0.633. The molecule has 0 unspecified atom stereocenters. The second-order valence-corrected chi connectivity index (χ2v) is 12.5. The average Bonchev–Trinajstić information content (AvgIpc) is 3.65. The molecule has 0 amide bonds. The number of halogens is 1. The van der Waals surface area contributed by atoms with Crippen molar-refractivity contribution >= 4 is 64.9 Å². The Morgan fingerprint density at radius 1 is 0.489 bits per heavy atom. The molecule has 45 heavy (non-hydrogen) atoms. The van der Waals surface area contributed by atoms with Crippen molar-refractivity contribution in [3.63, 3.8) is 0 Å². The van der Waals surface area contributed by atoms with E-state index in [9.17, 15) is 0 Å². The Morgan fingerprint density at radius 2 is 1.18 bits per heavy atom. The van der Waals surface area contributed by atoms with Crippen molar-refractivity contribution in [1.29, 1.82) is 0 Å². The number of fused-ring (bicyclic) bond motifs is 6. The number of aromatic nitrogens is 4. The number of nitrogens with zero attached hydrogens (tertiary/aromatic N) is 4. The number of hydrogen-bond acceptors (Lipinski definition) is 4. The normalized spacial score (nSPS) is 11.7. The summed E-state index contributed by atoms with van der Waals surface area (Å²) in [6.07, 6.45) is 0. The van der Waals surface area contributed by atoms with Crippen LogP contribution in [0.15, 0.2) is 140 Å². The van der Waals surface area contributed by atoms with E-state index in [4.69, 9.17) is 26.6 Å². The molecule has 9 rings (SSSR count). The van der Waals surface area contributed by atoms with Crippen LogP contribution in [-0.4, -0.2) is 19.5 Å². The summed E-state index contributed by atoms with van der Waals surface area (Å²) in [5.74, 6) is 1.91. The summed E-state index contributed by atoms with van der Waals surface area (Å²) in [4.78, 5) is 15.3. The maximum Gasteiger partial charge on any atom is 0.164 e. The van der Waals surface area contributed by atoms with Crippen LogP contribution in [0.4, 0.5) is 0 Å². The Morgan fingerprint density at radius 3 is 2.02 bits per heavy atom. The summed E-state index contributed by atoms with van der Waals surface area (Å²) in [6.45, 7) is 0. The van der Waals surface area contributed by atoms with Gasteiger partial charge in [0.05, 0.1) is 11.0 Å². The highest BCUT2D eigenvalue weighted by atomic mass is 35.5. The second-order valence-electron chi connectivity index (χ2n) is 11.0. The Bertz CT molecular complexity index is 2550. The monoisotopic (exact) mass is 614 g/mol. The molecule has 212 valence electrons. The van der Waals surface area contributed by atoms with Crippen molar-refractivity contribution in [3.05, 3.63) is 145 Å². The summed E-state index contributed by atoms with van der Waals surface area (Å²) < 4.78 is 4.62. The fourth-order valence-electron chi connectivity index (χ4n) is 6.32. The van der Waals surface area contributed by atoms with Crippen molar-refractivity contribution in [2.45, 2.75) is 0 Å². The summed E-state index contributed by atoms with van der Waals surface area (Å²) in [5.41, 5.74) is 6.19. The van der Waals surface area contributed by atoms with E-state index in [0.29, 0.717) is 17.5 Å². The van der Waals surface area contributed by atoms with Crippen LogP contribution in [0.2, 0.25) is 5.02 Å². The molecule has 6 aromatic carbocycles. The summed E-state index contributed by atoms with van der Waals surface area (Å²) in [6, 6.07) is 48.0. The highest BCUT2D eigenvalue weighted by Gasteiger charge is 2.20. The molecule has 0 aliphatic carbocycles. The van der Waals surface area contributed by atoms with E-state index in [1.54, 1.807) is 11.3 Å². The number of para-hydroxylation sites is 2. The predicted molar refractivity (Wildman–Crippen MR) is 188 cm³/mol. The first-order valence-corrected chi connectivity index (χ1v) is 15.9. The van der Waals surface area contributed by atoms with Gasteiger partial charge in [0, 0.05) is 58.3 Å². The molecule has 0 aliphatic heterocycles. The van der Waals surface area contributed by atoms with E-state index < -0.39 is 0 Å². The lowest BCUT2D eigenvalue weighted by molar-refractivity contribution is 1.08. The van der Waals surface area contributed by atoms with Crippen LogP contribution in [0.3, 0.4) is 0 Å². The van der Waals surface area contributed by atoms with Gasteiger partial charge in [-0.15, -0.1) is 11.3 Å². The van der Waals surface area contributed by atoms with Crippen molar-refractivity contribution < 1.29 is 0 Å². The van der Waals surface area contributed by atoms with Crippen LogP contribution in [0.1, 0.15) is 0 Å². The summed E-state index contributed by atoms with van der Waals surface area (Å²) in [7, 11) is 0. The predicted octanol–water partition coefficient (Wildman–Crippen LogP) is 11.0. The maximum atomic E-state index is 6.61. The first-order chi connectivity index (χ1) is 22.2. The molecule has 0 fully saturated rings. The van der Waals surface area contributed by atoms with Gasteiger partial charge in [-0.25, -0.2) is 15.0 Å². The van der Waals surface area contributed by atoms with Gasteiger partial charge in [-0.05, 0) is 42.5 Å². The third kappa shape index (κ3) is 4.24. The lowest BCUT2D eigenvalue weighted by Crippen LogP contribution is -2.00. The van der Waals surface area contributed by atoms with Gasteiger partial charge in [-0.1, -0.05) is 109 Å². The van der Waals surface area contributed by atoms with E-state index in [1.165, 1.54) is 0 Å². The summed E-state index contributed by atoms with van der Waals surface area (Å²) in [5, 5.41) is 5.26. The Labute approximate surface area is 267 Å². The van der Waals surface area contributed by atoms with Crippen LogP contribution in [0, 0.1) is 0 Å². The van der Waals surface area contributed by atoms with Gasteiger partial charge in [-0.2, -0.15) is 0 Å². The van der Waals surface area contributed by atoms with Crippen molar-refractivity contribution in [1.82, 2.24) is 19.5 Å². The molecule has 3 heterocycles. The third-order valence-corrected chi connectivity index (χ3v) is 9.76. The highest BCUT2D eigenvalue weighted by Crippen LogP contribution is 2.41. The number of hydrogen-bond donors (Lipinski definition) is 0. The summed E-state index contributed by atoms with van der Waals surface area (Å²) >= 11 is 8.34. The molecule has 4 nitrogen and oxygen atoms in total. The van der Waals surface area contributed by atoms with Crippen LogP contribution < -0.4 is 0 Å². The maximum absolute atomic E-state index is 6.61. The highest BCUT2D eigenvalue weighted by molar-refractivity contribution is 7.26. The van der Waals surface area contributed by atoms with E-state index in [1.807, 2.05) is 48.5 Å². The van der Waals surface area contributed by atoms with Gasteiger partial charge >= 0.3 is 0 Å². The fraction of sp³-hybridized carbons (Fsp3) is 0. The molecule has 0 N–H and O–H groups in total. The van der Waals surface area contributed by atoms with Crippen molar-refractivity contribution in [2.75, 3.05) is 0 Å². The molecule has 6 heteroatoms. The largest absolute Gasteiger partial charge is 0.309 e. The van der Waals surface area contributed by atoms with Gasteiger partial charge < -0.3 is 4.57 Å². The minimum Gasteiger partial charge on any atom is -0.309 e. The zero-order valence-corrected chi connectivity index (χ0v) is 25.4. The van der Waals surface area contributed by atoms with Crippen molar-refractivity contribution in [2.24, 2.45) is 0 Å². The second kappa shape index (κ2) is 10.4. The SMILES string of the molecule is Clc1cccc2sc3cc(-c4nc(-c5ccccc5)nc(-c5cccc6c5c5ccccc5n6-c5ccccc5)n4)ccc3c12. The number of rotatable bonds is 4. The van der Waals surface area contributed by atoms with Gasteiger partial charge in [0.25, 0.3) is 0 Å². The number of thiophene rings is 1. The topological polar surface area (TPSA) is 43.6 Å². The molecular weight excluding hydrogens is 592 g/mol. The molecule has 0 saturated carbocycles. The quantitative estimate of drug-likeness (QED) is 0.198. The van der Waals surface area contributed by atoms with Crippen LogP contribution in [0.5, 0.6) is 0 Å². The van der Waals surface area contributed by atoms with E-state index in [-0.39, 0.29) is 0 Å². The first-order valence-electron chi connectivity index (χ1n) is 14.7. The van der Waals surface area contributed by atoms with E-state index in [0.717, 1.165) is 69.4 Å². The van der Waals surface area contributed by atoms with Crippen molar-refractivity contribution in [3.8, 4) is 39.9 Å². The average molecular weight is 615 g/mol. The molecule has 0 bridgehead atoms. The van der Waals surface area contributed by atoms with Gasteiger partial charge in [0.15, 0.2) is 17.5 Å². The molecule has 3 aromatic heterocycles.